The van der Waals surface area contributed by atoms with Crippen molar-refractivity contribution in [1.82, 2.24) is 9.47 Å². The van der Waals surface area contributed by atoms with Crippen molar-refractivity contribution in [2.75, 3.05) is 26.4 Å². The van der Waals surface area contributed by atoms with Crippen molar-refractivity contribution in [3.8, 4) is 0 Å². The van der Waals surface area contributed by atoms with Crippen LogP contribution in [0.1, 0.15) is 24.6 Å². The molecule has 5 heteroatoms. The van der Waals surface area contributed by atoms with E-state index in [1.54, 1.807) is 0 Å². The summed E-state index contributed by atoms with van der Waals surface area (Å²) < 4.78 is 13.1. The van der Waals surface area contributed by atoms with Crippen molar-refractivity contribution in [1.29, 1.82) is 0 Å². The molecule has 0 spiro atoms. The van der Waals surface area contributed by atoms with Crippen molar-refractivity contribution in [2.24, 2.45) is 7.05 Å². The molecule has 0 unspecified atom stereocenters. The SMILES string of the molecule is Cn1cccc1[C@H]1COCCN1C(=O)[C@H]1CCCO1. The lowest BCUT2D eigenvalue weighted by Gasteiger charge is -2.37. The number of aryl methyl sites for hydroxylation is 1. The largest absolute Gasteiger partial charge is 0.377 e. The normalized spacial score (nSPS) is 27.7. The first-order valence-electron chi connectivity index (χ1n) is 6.88. The van der Waals surface area contributed by atoms with Gasteiger partial charge < -0.3 is 18.9 Å². The molecule has 0 radical (unpaired) electrons. The van der Waals surface area contributed by atoms with Gasteiger partial charge in [0.15, 0.2) is 0 Å². The number of amides is 1. The zero-order valence-electron chi connectivity index (χ0n) is 11.2. The van der Waals surface area contributed by atoms with Gasteiger partial charge in [-0.25, -0.2) is 0 Å². The van der Waals surface area contributed by atoms with E-state index in [1.807, 2.05) is 24.2 Å². The van der Waals surface area contributed by atoms with Crippen molar-refractivity contribution >= 4 is 5.91 Å². The molecular weight excluding hydrogens is 244 g/mol. The zero-order chi connectivity index (χ0) is 13.2. The summed E-state index contributed by atoms with van der Waals surface area (Å²) in [4.78, 5) is 14.5. The van der Waals surface area contributed by atoms with E-state index in [9.17, 15) is 4.79 Å². The highest BCUT2D eigenvalue weighted by atomic mass is 16.5. The molecule has 0 N–H and O–H groups in total. The van der Waals surface area contributed by atoms with Gasteiger partial charge in [-0.15, -0.1) is 0 Å². The second-order valence-electron chi connectivity index (χ2n) is 5.17. The number of carbonyl (C=O) groups excluding carboxylic acids is 1. The third-order valence-corrected chi connectivity index (χ3v) is 3.94. The first kappa shape index (κ1) is 12.7. The lowest BCUT2D eigenvalue weighted by Crippen LogP contribution is -2.48. The maximum Gasteiger partial charge on any atom is 0.252 e. The summed E-state index contributed by atoms with van der Waals surface area (Å²) in [6.07, 6.45) is 3.57. The highest BCUT2D eigenvalue weighted by molar-refractivity contribution is 5.81. The molecule has 3 heterocycles. The number of morpholine rings is 1. The molecule has 19 heavy (non-hydrogen) atoms. The Labute approximate surface area is 113 Å². The van der Waals surface area contributed by atoms with Crippen LogP contribution in [0, 0.1) is 0 Å². The first-order valence-corrected chi connectivity index (χ1v) is 6.88. The second kappa shape index (κ2) is 5.35. The van der Waals surface area contributed by atoms with Gasteiger partial charge in [-0.05, 0) is 25.0 Å². The molecular formula is C14H20N2O3. The summed E-state index contributed by atoms with van der Waals surface area (Å²) >= 11 is 0. The van der Waals surface area contributed by atoms with Crippen LogP contribution in [-0.4, -0.2) is 47.8 Å². The van der Waals surface area contributed by atoms with Gasteiger partial charge in [-0.1, -0.05) is 0 Å². The molecule has 2 aliphatic rings. The van der Waals surface area contributed by atoms with E-state index in [-0.39, 0.29) is 18.1 Å². The minimum absolute atomic E-state index is 0.00505. The third kappa shape index (κ3) is 2.40. The van der Waals surface area contributed by atoms with Crippen LogP contribution in [0.3, 0.4) is 0 Å². The highest BCUT2D eigenvalue weighted by Gasteiger charge is 2.35. The Balaban J connectivity index is 1.81. The fraction of sp³-hybridized carbons (Fsp3) is 0.643. The molecule has 2 fully saturated rings. The van der Waals surface area contributed by atoms with Crippen LogP contribution in [0.5, 0.6) is 0 Å². The highest BCUT2D eigenvalue weighted by Crippen LogP contribution is 2.27. The van der Waals surface area contributed by atoms with Crippen LogP contribution in [0.25, 0.3) is 0 Å². The number of rotatable bonds is 2. The number of ether oxygens (including phenoxy) is 2. The minimum Gasteiger partial charge on any atom is -0.377 e. The van der Waals surface area contributed by atoms with E-state index in [2.05, 4.69) is 10.6 Å². The summed E-state index contributed by atoms with van der Waals surface area (Å²) in [5.41, 5.74) is 1.12. The number of aromatic nitrogens is 1. The van der Waals surface area contributed by atoms with Gasteiger partial charge in [-0.3, -0.25) is 4.79 Å². The molecule has 1 aromatic heterocycles. The molecule has 1 amide bonds. The van der Waals surface area contributed by atoms with Gasteiger partial charge in [0.1, 0.15) is 6.10 Å². The zero-order valence-corrected chi connectivity index (χ0v) is 11.2. The summed E-state index contributed by atoms with van der Waals surface area (Å²) in [6.45, 7) is 2.53. The average molecular weight is 264 g/mol. The van der Waals surface area contributed by atoms with Crippen molar-refractivity contribution in [2.45, 2.75) is 25.0 Å². The maximum absolute atomic E-state index is 12.6. The standard InChI is InChI=1S/C14H20N2O3/c1-15-6-2-4-11(15)12-10-18-9-7-16(12)14(17)13-5-3-8-19-13/h2,4,6,12-13H,3,5,7-10H2,1H3/t12-,13-/m1/s1. The minimum atomic E-state index is -0.249. The van der Waals surface area contributed by atoms with E-state index < -0.39 is 0 Å². The number of hydrogen-bond acceptors (Lipinski definition) is 3. The van der Waals surface area contributed by atoms with Crippen molar-refractivity contribution < 1.29 is 14.3 Å². The molecule has 5 nitrogen and oxygen atoms in total. The summed E-state index contributed by atoms with van der Waals surface area (Å²) in [5, 5.41) is 0. The van der Waals surface area contributed by atoms with E-state index >= 15 is 0 Å². The van der Waals surface area contributed by atoms with E-state index in [0.29, 0.717) is 26.4 Å². The van der Waals surface area contributed by atoms with E-state index in [4.69, 9.17) is 9.47 Å². The van der Waals surface area contributed by atoms with Gasteiger partial charge in [-0.2, -0.15) is 0 Å². The van der Waals surface area contributed by atoms with Crippen LogP contribution in [0.4, 0.5) is 0 Å². The number of hydrogen-bond donors (Lipinski definition) is 0. The fourth-order valence-corrected chi connectivity index (χ4v) is 2.89. The Morgan fingerprint density at radius 3 is 3.00 bits per heavy atom. The second-order valence-corrected chi connectivity index (χ2v) is 5.17. The Morgan fingerprint density at radius 1 is 1.42 bits per heavy atom. The van der Waals surface area contributed by atoms with Gasteiger partial charge in [0.05, 0.1) is 19.3 Å². The Hall–Kier alpha value is -1.33. The number of carbonyl (C=O) groups is 1. The molecule has 104 valence electrons. The Bertz CT molecular complexity index is 451. The summed E-state index contributed by atoms with van der Waals surface area (Å²) in [7, 11) is 2.00. The molecule has 0 saturated carbocycles. The lowest BCUT2D eigenvalue weighted by atomic mass is 10.1. The molecule has 3 rings (SSSR count). The van der Waals surface area contributed by atoms with Crippen LogP contribution in [0.15, 0.2) is 18.3 Å². The fourth-order valence-electron chi connectivity index (χ4n) is 2.89. The molecule has 2 aliphatic heterocycles. The van der Waals surface area contributed by atoms with Crippen molar-refractivity contribution in [3.63, 3.8) is 0 Å². The Kier molecular flexibility index (Phi) is 3.57. The molecule has 0 aliphatic carbocycles. The van der Waals surface area contributed by atoms with Gasteiger partial charge in [0.2, 0.25) is 0 Å². The van der Waals surface area contributed by atoms with Gasteiger partial charge in [0.25, 0.3) is 5.91 Å². The molecule has 1 aromatic rings. The van der Waals surface area contributed by atoms with Crippen LogP contribution in [-0.2, 0) is 21.3 Å². The van der Waals surface area contributed by atoms with Gasteiger partial charge >= 0.3 is 0 Å². The maximum atomic E-state index is 12.6. The van der Waals surface area contributed by atoms with E-state index in [0.717, 1.165) is 18.5 Å². The van der Waals surface area contributed by atoms with Gasteiger partial charge in [0, 0.05) is 32.1 Å². The monoisotopic (exact) mass is 264 g/mol. The third-order valence-electron chi connectivity index (χ3n) is 3.94. The van der Waals surface area contributed by atoms with Crippen LogP contribution < -0.4 is 0 Å². The Morgan fingerprint density at radius 2 is 2.32 bits per heavy atom. The summed E-state index contributed by atoms with van der Waals surface area (Å²) in [5.74, 6) is 0.118. The van der Waals surface area contributed by atoms with Crippen LogP contribution in [0.2, 0.25) is 0 Å². The van der Waals surface area contributed by atoms with Crippen molar-refractivity contribution in [3.05, 3.63) is 24.0 Å². The number of nitrogens with zero attached hydrogens (tertiary/aromatic N) is 2. The quantitative estimate of drug-likeness (QED) is 0.803. The lowest BCUT2D eigenvalue weighted by molar-refractivity contribution is -0.150. The molecule has 0 bridgehead atoms. The first-order chi connectivity index (χ1) is 9.27. The van der Waals surface area contributed by atoms with E-state index in [1.165, 1.54) is 0 Å². The topological polar surface area (TPSA) is 43.7 Å². The smallest absolute Gasteiger partial charge is 0.252 e. The molecule has 2 saturated heterocycles. The predicted molar refractivity (Wildman–Crippen MR) is 69.7 cm³/mol. The summed E-state index contributed by atoms with van der Waals surface area (Å²) in [6, 6.07) is 4.05. The molecule has 2 atom stereocenters. The molecule has 0 aromatic carbocycles. The average Bonchev–Trinajstić information content (AvgIpc) is 3.09. The van der Waals surface area contributed by atoms with Crippen LogP contribution >= 0.6 is 0 Å². The predicted octanol–water partition coefficient (Wildman–Crippen LogP) is 1.10.